The van der Waals surface area contributed by atoms with Crippen molar-refractivity contribution >= 4 is 21.8 Å². The van der Waals surface area contributed by atoms with Gasteiger partial charge in [0.2, 0.25) is 15.9 Å². The summed E-state index contributed by atoms with van der Waals surface area (Å²) in [6.45, 7) is 4.53. The molecule has 0 unspecified atom stereocenters. The molecule has 3 N–H and O–H groups in total. The molecule has 2 heterocycles. The number of likely N-dealkylation sites (tertiary alicyclic amines) is 1. The Morgan fingerprint density at radius 3 is 2.32 bits per heavy atom. The van der Waals surface area contributed by atoms with E-state index in [1.165, 1.54) is 30.5 Å². The van der Waals surface area contributed by atoms with Gasteiger partial charge < -0.3 is 15.1 Å². The van der Waals surface area contributed by atoms with Crippen LogP contribution >= 0.6 is 0 Å². The summed E-state index contributed by atoms with van der Waals surface area (Å²) in [7, 11) is -3.77. The molecule has 1 aliphatic heterocycles. The third kappa shape index (κ3) is 10.3. The lowest BCUT2D eigenvalue weighted by Crippen LogP contribution is -2.33. The number of aromatic nitrogens is 1. The molecule has 0 atom stereocenters. The van der Waals surface area contributed by atoms with Crippen LogP contribution in [-0.2, 0) is 34.2 Å². The van der Waals surface area contributed by atoms with Crippen LogP contribution in [0.2, 0.25) is 0 Å². The molecule has 2 amide bonds. The molecule has 3 aromatic carbocycles. The SMILES string of the molecule is NS(=O)(=O)c1ccc(CCN(Cc2cccc(-c3cc(C(=O)NCCN4CCCC4)ccn3)c2)C(=O)CCCc2ccccc2)cc1. The third-order valence-electron chi connectivity index (χ3n) is 8.50. The summed E-state index contributed by atoms with van der Waals surface area (Å²) in [5.74, 6) is -0.0633. The number of carbonyl (C=O) groups is 2. The van der Waals surface area contributed by atoms with E-state index in [9.17, 15) is 18.0 Å². The number of amides is 2. The monoisotopic (exact) mass is 653 g/mol. The van der Waals surface area contributed by atoms with E-state index in [0.29, 0.717) is 43.7 Å². The molecular formula is C37H43N5O4S. The number of hydrogen-bond donors (Lipinski definition) is 2. The molecule has 1 saturated heterocycles. The van der Waals surface area contributed by atoms with Crippen molar-refractivity contribution in [1.29, 1.82) is 0 Å². The number of rotatable bonds is 15. The molecule has 0 bridgehead atoms. The minimum atomic E-state index is -3.77. The third-order valence-corrected chi connectivity index (χ3v) is 9.43. The van der Waals surface area contributed by atoms with Crippen molar-refractivity contribution < 1.29 is 18.0 Å². The van der Waals surface area contributed by atoms with Crippen LogP contribution < -0.4 is 10.5 Å². The molecule has 0 aliphatic carbocycles. The molecule has 1 aromatic heterocycles. The normalized spacial score (nSPS) is 13.4. The van der Waals surface area contributed by atoms with Crippen molar-refractivity contribution in [2.45, 2.75) is 50.0 Å². The van der Waals surface area contributed by atoms with Gasteiger partial charge in [0.05, 0.1) is 10.6 Å². The quantitative estimate of drug-likeness (QED) is 0.190. The number of pyridine rings is 1. The topological polar surface area (TPSA) is 126 Å². The molecule has 5 rings (SSSR count). The highest BCUT2D eigenvalue weighted by molar-refractivity contribution is 7.89. The highest BCUT2D eigenvalue weighted by atomic mass is 32.2. The molecule has 1 fully saturated rings. The summed E-state index contributed by atoms with van der Waals surface area (Å²) < 4.78 is 23.3. The van der Waals surface area contributed by atoms with Crippen LogP contribution in [0.5, 0.6) is 0 Å². The molecule has 0 spiro atoms. The number of nitrogens with zero attached hydrogens (tertiary/aromatic N) is 3. The van der Waals surface area contributed by atoms with E-state index in [1.54, 1.807) is 24.4 Å². The summed E-state index contributed by atoms with van der Waals surface area (Å²) in [6, 6.07) is 28.0. The molecule has 0 radical (unpaired) electrons. The van der Waals surface area contributed by atoms with Gasteiger partial charge in [-0.15, -0.1) is 0 Å². The average Bonchev–Trinajstić information content (AvgIpc) is 3.61. The van der Waals surface area contributed by atoms with Gasteiger partial charge >= 0.3 is 0 Å². The number of nitrogens with one attached hydrogen (secondary N) is 1. The minimum Gasteiger partial charge on any atom is -0.351 e. The second kappa shape index (κ2) is 16.4. The zero-order valence-electron chi connectivity index (χ0n) is 26.7. The van der Waals surface area contributed by atoms with Gasteiger partial charge in [-0.3, -0.25) is 14.6 Å². The standard InChI is InChI=1S/C37H43N5O4S/c38-47(45,46)34-16-14-30(15-17-34)19-24-42(36(43)13-7-10-29-8-2-1-3-9-29)28-31-11-6-12-32(26-31)35-27-33(18-20-39-35)37(44)40-21-25-41-22-4-5-23-41/h1-3,6,8-9,11-12,14-18,20,26-27H,4-5,7,10,13,19,21-25,28H2,(H,40,44)(H2,38,45,46). The Labute approximate surface area is 277 Å². The van der Waals surface area contributed by atoms with Gasteiger partial charge in [0, 0.05) is 49.9 Å². The maximum Gasteiger partial charge on any atom is 0.251 e. The Kier molecular flexibility index (Phi) is 11.9. The van der Waals surface area contributed by atoms with Crippen molar-refractivity contribution in [1.82, 2.24) is 20.1 Å². The summed E-state index contributed by atoms with van der Waals surface area (Å²) in [6.07, 6.45) is 6.62. The van der Waals surface area contributed by atoms with E-state index in [1.807, 2.05) is 53.4 Å². The van der Waals surface area contributed by atoms with Crippen LogP contribution in [0.15, 0.2) is 102 Å². The first kappa shape index (κ1) is 34.0. The predicted octanol–water partition coefficient (Wildman–Crippen LogP) is 4.82. The smallest absolute Gasteiger partial charge is 0.251 e. The lowest BCUT2D eigenvalue weighted by atomic mass is 10.0. The van der Waals surface area contributed by atoms with Crippen molar-refractivity contribution in [2.75, 3.05) is 32.7 Å². The fourth-order valence-corrected chi connectivity index (χ4v) is 6.38. The van der Waals surface area contributed by atoms with E-state index < -0.39 is 10.0 Å². The number of primary sulfonamides is 1. The summed E-state index contributed by atoms with van der Waals surface area (Å²) >= 11 is 0. The van der Waals surface area contributed by atoms with E-state index >= 15 is 0 Å². The van der Waals surface area contributed by atoms with Gasteiger partial charge in [0.15, 0.2) is 0 Å². The minimum absolute atomic E-state index is 0.0539. The molecule has 4 aromatic rings. The predicted molar refractivity (Wildman–Crippen MR) is 184 cm³/mol. The number of benzene rings is 3. The zero-order valence-corrected chi connectivity index (χ0v) is 27.5. The zero-order chi connectivity index (χ0) is 33.1. The molecule has 246 valence electrons. The largest absolute Gasteiger partial charge is 0.351 e. The van der Waals surface area contributed by atoms with Gasteiger partial charge in [0.1, 0.15) is 0 Å². The molecule has 0 saturated carbocycles. The second-order valence-electron chi connectivity index (χ2n) is 12.0. The highest BCUT2D eigenvalue weighted by Gasteiger charge is 2.17. The van der Waals surface area contributed by atoms with Gasteiger partial charge in [0.25, 0.3) is 5.91 Å². The van der Waals surface area contributed by atoms with Crippen molar-refractivity contribution in [3.63, 3.8) is 0 Å². The Balaban J connectivity index is 1.26. The van der Waals surface area contributed by atoms with E-state index in [2.05, 4.69) is 27.3 Å². The number of aryl methyl sites for hydroxylation is 1. The molecule has 10 heteroatoms. The first-order valence-corrected chi connectivity index (χ1v) is 17.8. The van der Waals surface area contributed by atoms with Crippen molar-refractivity contribution in [3.8, 4) is 11.3 Å². The number of sulfonamides is 1. The lowest BCUT2D eigenvalue weighted by molar-refractivity contribution is -0.131. The van der Waals surface area contributed by atoms with Gasteiger partial charge in [-0.25, -0.2) is 13.6 Å². The second-order valence-corrected chi connectivity index (χ2v) is 13.6. The van der Waals surface area contributed by atoms with E-state index in [0.717, 1.165) is 49.2 Å². The van der Waals surface area contributed by atoms with Crippen LogP contribution in [0.4, 0.5) is 0 Å². The van der Waals surface area contributed by atoms with E-state index in [4.69, 9.17) is 5.14 Å². The average molecular weight is 654 g/mol. The molecule has 47 heavy (non-hydrogen) atoms. The maximum absolute atomic E-state index is 13.6. The Bertz CT molecular complexity index is 1740. The number of hydrogen-bond acceptors (Lipinski definition) is 6. The van der Waals surface area contributed by atoms with Crippen molar-refractivity contribution in [2.24, 2.45) is 5.14 Å². The Morgan fingerprint density at radius 2 is 1.57 bits per heavy atom. The highest BCUT2D eigenvalue weighted by Crippen LogP contribution is 2.21. The van der Waals surface area contributed by atoms with Crippen LogP contribution in [0.25, 0.3) is 11.3 Å². The summed E-state index contributed by atoms with van der Waals surface area (Å²) in [4.78, 5) is 35.3. The Hall–Kier alpha value is -4.38. The van der Waals surface area contributed by atoms with Gasteiger partial charge in [-0.05, 0) is 92.2 Å². The van der Waals surface area contributed by atoms with Crippen LogP contribution in [0, 0.1) is 0 Å². The van der Waals surface area contributed by atoms with Crippen LogP contribution in [0.3, 0.4) is 0 Å². The fraction of sp³-hybridized carbons (Fsp3) is 0.324. The lowest BCUT2D eigenvalue weighted by Gasteiger charge is -2.23. The first-order valence-electron chi connectivity index (χ1n) is 16.2. The summed E-state index contributed by atoms with van der Waals surface area (Å²) in [5, 5.41) is 8.29. The fourth-order valence-electron chi connectivity index (χ4n) is 5.86. The number of carbonyl (C=O) groups excluding carboxylic acids is 2. The molecule has 9 nitrogen and oxygen atoms in total. The van der Waals surface area contributed by atoms with Gasteiger partial charge in [-0.2, -0.15) is 0 Å². The molecular weight excluding hydrogens is 611 g/mol. The van der Waals surface area contributed by atoms with Gasteiger partial charge in [-0.1, -0.05) is 60.7 Å². The number of nitrogens with two attached hydrogens (primary N) is 1. The van der Waals surface area contributed by atoms with E-state index in [-0.39, 0.29) is 16.7 Å². The van der Waals surface area contributed by atoms with Crippen LogP contribution in [-0.4, -0.2) is 67.7 Å². The van der Waals surface area contributed by atoms with Crippen LogP contribution in [0.1, 0.15) is 52.7 Å². The Morgan fingerprint density at radius 1 is 0.851 bits per heavy atom. The summed E-state index contributed by atoms with van der Waals surface area (Å²) in [5.41, 5.74) is 5.17. The molecule has 1 aliphatic rings. The first-order chi connectivity index (χ1) is 22.7. The maximum atomic E-state index is 13.6. The van der Waals surface area contributed by atoms with Crippen molar-refractivity contribution in [3.05, 3.63) is 119 Å².